The van der Waals surface area contributed by atoms with Crippen molar-refractivity contribution < 1.29 is 14.3 Å². The van der Waals surface area contributed by atoms with Crippen LogP contribution >= 0.6 is 0 Å². The van der Waals surface area contributed by atoms with Crippen molar-refractivity contribution in [2.45, 2.75) is 37.6 Å². The van der Waals surface area contributed by atoms with Gasteiger partial charge in [0.1, 0.15) is 0 Å². The second-order valence-electron chi connectivity index (χ2n) is 6.94. The van der Waals surface area contributed by atoms with Crippen LogP contribution in [0.15, 0.2) is 60.7 Å². The van der Waals surface area contributed by atoms with E-state index in [1.165, 1.54) is 0 Å². The predicted octanol–water partition coefficient (Wildman–Crippen LogP) is 3.96. The molecule has 0 saturated carbocycles. The topological polar surface area (TPSA) is 49.7 Å². The molecule has 124 valence electrons. The molecule has 3 nitrogen and oxygen atoms in total. The minimum absolute atomic E-state index is 0.613. The van der Waals surface area contributed by atoms with Crippen molar-refractivity contribution >= 4 is 16.6 Å². The first kappa shape index (κ1) is 18.1. The molecule has 0 aliphatic rings. The second-order valence-corrected chi connectivity index (χ2v) is 15.3. The normalized spacial score (nSPS) is 15.2. The fourth-order valence-corrected chi connectivity index (χ4v) is 11.2. The summed E-state index contributed by atoms with van der Waals surface area (Å²) in [6, 6.07) is 19.2. The molecule has 2 atom stereocenters. The molecular formula is C18H26O3Si2. The summed E-state index contributed by atoms with van der Waals surface area (Å²) in [6.45, 7) is 8.04. The van der Waals surface area contributed by atoms with E-state index in [-0.39, 0.29) is 0 Å². The lowest BCUT2D eigenvalue weighted by molar-refractivity contribution is 0.207. The molecule has 0 fully saturated rings. The Morgan fingerprint density at radius 2 is 0.957 bits per heavy atom. The van der Waals surface area contributed by atoms with E-state index in [9.17, 15) is 10.2 Å². The maximum atomic E-state index is 10.7. The van der Waals surface area contributed by atoms with Gasteiger partial charge in [0.05, 0.1) is 11.5 Å². The zero-order chi connectivity index (χ0) is 17.1. The van der Waals surface area contributed by atoms with Crippen molar-refractivity contribution in [2.24, 2.45) is 0 Å². The smallest absolute Gasteiger partial charge is 0.207 e. The summed E-state index contributed by atoms with van der Waals surface area (Å²) in [4.78, 5) is 0. The Morgan fingerprint density at radius 3 is 1.26 bits per heavy atom. The standard InChI is InChI=1S/C18H26O3Si2/c1-22(2,17(19)15-11-7-5-8-12-15)21-23(3,4)18(20)16-13-9-6-10-14-16/h5-14,17-20H,1-4H3. The number of aliphatic hydroxyl groups excluding tert-OH is 2. The number of hydrogen-bond donors (Lipinski definition) is 2. The Bertz CT molecular complexity index is 559. The number of hydrogen-bond acceptors (Lipinski definition) is 3. The molecule has 2 N–H and O–H groups in total. The van der Waals surface area contributed by atoms with Gasteiger partial charge in [0.15, 0.2) is 0 Å². The van der Waals surface area contributed by atoms with E-state index in [0.29, 0.717) is 0 Å². The molecule has 2 aromatic rings. The van der Waals surface area contributed by atoms with Crippen LogP contribution in [0.3, 0.4) is 0 Å². The van der Waals surface area contributed by atoms with Crippen LogP contribution in [-0.4, -0.2) is 26.8 Å². The highest BCUT2D eigenvalue weighted by molar-refractivity contribution is 6.85. The molecule has 5 heteroatoms. The summed E-state index contributed by atoms with van der Waals surface area (Å²) in [5, 5.41) is 21.5. The average molecular weight is 347 g/mol. The van der Waals surface area contributed by atoms with Gasteiger partial charge in [0, 0.05) is 0 Å². The fraction of sp³-hybridized carbons (Fsp3) is 0.333. The summed E-state index contributed by atoms with van der Waals surface area (Å²) in [6.07, 6.45) is 0. The summed E-state index contributed by atoms with van der Waals surface area (Å²) in [5.74, 6) is 0. The van der Waals surface area contributed by atoms with Gasteiger partial charge in [0.25, 0.3) is 0 Å². The fourth-order valence-electron chi connectivity index (χ4n) is 2.86. The highest BCUT2D eigenvalue weighted by Crippen LogP contribution is 2.33. The highest BCUT2D eigenvalue weighted by atomic mass is 28.4. The lowest BCUT2D eigenvalue weighted by atomic mass is 10.2. The minimum atomic E-state index is -2.42. The largest absolute Gasteiger partial charge is 0.452 e. The molecule has 0 bridgehead atoms. The maximum Gasteiger partial charge on any atom is 0.207 e. The maximum absolute atomic E-state index is 10.7. The lowest BCUT2D eigenvalue weighted by Crippen LogP contribution is -2.51. The monoisotopic (exact) mass is 346 g/mol. The zero-order valence-electron chi connectivity index (χ0n) is 14.2. The molecule has 0 heterocycles. The number of rotatable bonds is 6. The van der Waals surface area contributed by atoms with Crippen LogP contribution in [0.25, 0.3) is 0 Å². The lowest BCUT2D eigenvalue weighted by Gasteiger charge is -2.39. The van der Waals surface area contributed by atoms with Crippen molar-refractivity contribution in [2.75, 3.05) is 0 Å². The van der Waals surface area contributed by atoms with E-state index in [2.05, 4.69) is 0 Å². The first-order valence-electron chi connectivity index (χ1n) is 7.90. The van der Waals surface area contributed by atoms with E-state index in [1.54, 1.807) is 0 Å². The van der Waals surface area contributed by atoms with E-state index < -0.39 is 28.1 Å². The van der Waals surface area contributed by atoms with Crippen molar-refractivity contribution in [3.8, 4) is 0 Å². The average Bonchev–Trinajstić information content (AvgIpc) is 2.54. The molecule has 2 rings (SSSR count). The van der Waals surface area contributed by atoms with E-state index in [0.717, 1.165) is 11.1 Å². The van der Waals surface area contributed by atoms with E-state index >= 15 is 0 Å². The first-order valence-corrected chi connectivity index (χ1v) is 13.9. The summed E-state index contributed by atoms with van der Waals surface area (Å²) >= 11 is 0. The molecule has 0 spiro atoms. The summed E-state index contributed by atoms with van der Waals surface area (Å²) in [7, 11) is -4.84. The van der Waals surface area contributed by atoms with Crippen LogP contribution in [0.2, 0.25) is 26.2 Å². The molecule has 0 amide bonds. The van der Waals surface area contributed by atoms with Gasteiger partial charge in [-0.15, -0.1) is 0 Å². The Kier molecular flexibility index (Phi) is 5.59. The molecule has 2 aromatic carbocycles. The molecule has 0 aromatic heterocycles. The third-order valence-electron chi connectivity index (χ3n) is 4.07. The summed E-state index contributed by atoms with van der Waals surface area (Å²) < 4.78 is 6.44. The van der Waals surface area contributed by atoms with Crippen LogP contribution in [0.5, 0.6) is 0 Å². The van der Waals surface area contributed by atoms with E-state index in [4.69, 9.17) is 4.12 Å². The quantitative estimate of drug-likeness (QED) is 0.779. The third-order valence-corrected chi connectivity index (χ3v) is 11.6. The van der Waals surface area contributed by atoms with Gasteiger partial charge in [-0.25, -0.2) is 0 Å². The number of aliphatic hydroxyl groups is 2. The predicted molar refractivity (Wildman–Crippen MR) is 98.9 cm³/mol. The van der Waals surface area contributed by atoms with Gasteiger partial charge < -0.3 is 14.3 Å². The van der Waals surface area contributed by atoms with Gasteiger partial charge in [-0.1, -0.05) is 60.7 Å². The van der Waals surface area contributed by atoms with Crippen molar-refractivity contribution in [3.05, 3.63) is 71.8 Å². The van der Waals surface area contributed by atoms with Crippen LogP contribution in [0.4, 0.5) is 0 Å². The van der Waals surface area contributed by atoms with E-state index in [1.807, 2.05) is 86.9 Å². The molecule has 23 heavy (non-hydrogen) atoms. The summed E-state index contributed by atoms with van der Waals surface area (Å²) in [5.41, 5.74) is 0.531. The Balaban J connectivity index is 2.18. The van der Waals surface area contributed by atoms with Gasteiger partial charge in [0.2, 0.25) is 16.6 Å². The molecule has 2 unspecified atom stereocenters. The Hall–Kier alpha value is -1.25. The van der Waals surface area contributed by atoms with Crippen molar-refractivity contribution in [1.29, 1.82) is 0 Å². The SMILES string of the molecule is C[Si](C)(O[Si](C)(C)C(O)c1ccccc1)C(O)c1ccccc1. The first-order chi connectivity index (χ1) is 10.7. The molecule has 0 radical (unpaired) electrons. The Morgan fingerprint density at radius 1 is 0.652 bits per heavy atom. The Labute approximate surface area is 140 Å². The molecular weight excluding hydrogens is 320 g/mol. The van der Waals surface area contributed by atoms with Gasteiger partial charge in [-0.05, 0) is 37.3 Å². The van der Waals surface area contributed by atoms with Crippen molar-refractivity contribution in [3.63, 3.8) is 0 Å². The van der Waals surface area contributed by atoms with Gasteiger partial charge in [-0.3, -0.25) is 0 Å². The van der Waals surface area contributed by atoms with Crippen LogP contribution in [0, 0.1) is 0 Å². The highest BCUT2D eigenvalue weighted by Gasteiger charge is 2.43. The van der Waals surface area contributed by atoms with Crippen LogP contribution in [0.1, 0.15) is 22.6 Å². The molecule has 0 aliphatic carbocycles. The van der Waals surface area contributed by atoms with Crippen LogP contribution in [-0.2, 0) is 4.12 Å². The van der Waals surface area contributed by atoms with Gasteiger partial charge >= 0.3 is 0 Å². The molecule has 0 aliphatic heterocycles. The minimum Gasteiger partial charge on any atom is -0.452 e. The number of benzene rings is 2. The third kappa shape index (κ3) is 4.39. The zero-order valence-corrected chi connectivity index (χ0v) is 16.2. The van der Waals surface area contributed by atoms with Crippen LogP contribution < -0.4 is 0 Å². The van der Waals surface area contributed by atoms with Gasteiger partial charge in [-0.2, -0.15) is 0 Å². The second kappa shape index (κ2) is 7.11. The molecule has 0 saturated heterocycles. The van der Waals surface area contributed by atoms with Crippen molar-refractivity contribution in [1.82, 2.24) is 0 Å².